The fourth-order valence-electron chi connectivity index (χ4n) is 2.06. The van der Waals surface area contributed by atoms with E-state index in [1.807, 2.05) is 11.4 Å². The van der Waals surface area contributed by atoms with Crippen LogP contribution in [0.25, 0.3) is 0 Å². The molecule has 0 spiro atoms. The molecule has 7 heteroatoms. The van der Waals surface area contributed by atoms with Gasteiger partial charge in [0, 0.05) is 11.9 Å². The van der Waals surface area contributed by atoms with E-state index in [2.05, 4.69) is 10.4 Å². The summed E-state index contributed by atoms with van der Waals surface area (Å²) >= 11 is 7.24. The standard InChI is InChI=1S/C16H14ClN3O2S/c1-22-14-4-2-13(3-5-14)19-16(21)15-6-11(10-23-15)8-20-9-12(17)7-18-20/h2-7,9-10H,8H2,1H3,(H,19,21). The Kier molecular flexibility index (Phi) is 4.64. The zero-order chi connectivity index (χ0) is 16.2. The first-order valence-corrected chi connectivity index (χ1v) is 8.10. The fraction of sp³-hybridized carbons (Fsp3) is 0.125. The minimum absolute atomic E-state index is 0.134. The van der Waals surface area contributed by atoms with Crippen LogP contribution in [0.2, 0.25) is 5.02 Å². The number of nitrogens with one attached hydrogen (secondary N) is 1. The third-order valence-electron chi connectivity index (χ3n) is 3.17. The molecule has 2 heterocycles. The van der Waals surface area contributed by atoms with E-state index in [9.17, 15) is 4.79 Å². The van der Waals surface area contributed by atoms with Crippen LogP contribution >= 0.6 is 22.9 Å². The summed E-state index contributed by atoms with van der Waals surface area (Å²) in [6, 6.07) is 9.07. The second-order valence-electron chi connectivity index (χ2n) is 4.86. The average molecular weight is 348 g/mol. The van der Waals surface area contributed by atoms with Crippen molar-refractivity contribution in [2.45, 2.75) is 6.54 Å². The first-order chi connectivity index (χ1) is 11.1. The number of methoxy groups -OCH3 is 1. The van der Waals surface area contributed by atoms with E-state index in [4.69, 9.17) is 16.3 Å². The van der Waals surface area contributed by atoms with Gasteiger partial charge in [-0.15, -0.1) is 11.3 Å². The van der Waals surface area contributed by atoms with Crippen molar-refractivity contribution in [1.82, 2.24) is 9.78 Å². The van der Waals surface area contributed by atoms with Crippen LogP contribution in [-0.4, -0.2) is 22.8 Å². The van der Waals surface area contributed by atoms with E-state index in [1.54, 1.807) is 48.5 Å². The molecule has 0 saturated heterocycles. The summed E-state index contributed by atoms with van der Waals surface area (Å²) in [7, 11) is 1.60. The molecular weight excluding hydrogens is 334 g/mol. The lowest BCUT2D eigenvalue weighted by Gasteiger charge is -2.04. The highest BCUT2D eigenvalue weighted by Gasteiger charge is 2.10. The van der Waals surface area contributed by atoms with Gasteiger partial charge in [0.2, 0.25) is 0 Å². The number of hydrogen-bond donors (Lipinski definition) is 1. The Labute approximate surface area is 142 Å². The zero-order valence-electron chi connectivity index (χ0n) is 12.3. The molecule has 0 fully saturated rings. The van der Waals surface area contributed by atoms with Crippen molar-refractivity contribution in [2.75, 3.05) is 12.4 Å². The predicted molar refractivity (Wildman–Crippen MR) is 91.6 cm³/mol. The Hall–Kier alpha value is -2.31. The van der Waals surface area contributed by atoms with Crippen LogP contribution in [0.1, 0.15) is 15.2 Å². The van der Waals surface area contributed by atoms with Crippen molar-refractivity contribution < 1.29 is 9.53 Å². The fourth-order valence-corrected chi connectivity index (χ4v) is 3.01. The Morgan fingerprint density at radius 1 is 1.39 bits per heavy atom. The summed E-state index contributed by atoms with van der Waals surface area (Å²) in [6.07, 6.45) is 3.33. The minimum atomic E-state index is -0.134. The smallest absolute Gasteiger partial charge is 0.265 e. The summed E-state index contributed by atoms with van der Waals surface area (Å²) in [5.74, 6) is 0.615. The van der Waals surface area contributed by atoms with E-state index in [0.717, 1.165) is 17.0 Å². The summed E-state index contributed by atoms with van der Waals surface area (Å²) in [5, 5.41) is 9.53. The van der Waals surface area contributed by atoms with Crippen molar-refractivity contribution in [2.24, 2.45) is 0 Å². The molecule has 3 rings (SSSR count). The summed E-state index contributed by atoms with van der Waals surface area (Å²) < 4.78 is 6.82. The summed E-state index contributed by atoms with van der Waals surface area (Å²) in [5.41, 5.74) is 1.74. The van der Waals surface area contributed by atoms with Crippen LogP contribution < -0.4 is 10.1 Å². The average Bonchev–Trinajstić information content (AvgIpc) is 3.18. The van der Waals surface area contributed by atoms with E-state index in [-0.39, 0.29) is 5.91 Å². The lowest BCUT2D eigenvalue weighted by Crippen LogP contribution is -2.10. The van der Waals surface area contributed by atoms with E-state index in [1.165, 1.54) is 11.3 Å². The molecule has 23 heavy (non-hydrogen) atoms. The number of thiophene rings is 1. The number of hydrogen-bond acceptors (Lipinski definition) is 4. The quantitative estimate of drug-likeness (QED) is 0.761. The molecule has 0 aliphatic carbocycles. The summed E-state index contributed by atoms with van der Waals surface area (Å²) in [4.78, 5) is 12.9. The molecule has 2 aromatic heterocycles. The number of aromatic nitrogens is 2. The Bertz CT molecular complexity index is 811. The Morgan fingerprint density at radius 3 is 2.83 bits per heavy atom. The number of ether oxygens (including phenoxy) is 1. The van der Waals surface area contributed by atoms with Crippen molar-refractivity contribution in [1.29, 1.82) is 0 Å². The van der Waals surface area contributed by atoms with Gasteiger partial charge in [0.15, 0.2) is 0 Å². The van der Waals surface area contributed by atoms with Crippen LogP contribution in [0.3, 0.4) is 0 Å². The molecular formula is C16H14ClN3O2S. The van der Waals surface area contributed by atoms with Gasteiger partial charge in [-0.3, -0.25) is 9.48 Å². The SMILES string of the molecule is COc1ccc(NC(=O)c2cc(Cn3cc(Cl)cn3)cs2)cc1. The molecule has 118 valence electrons. The Balaban J connectivity index is 1.65. The van der Waals surface area contributed by atoms with Crippen molar-refractivity contribution >= 4 is 34.5 Å². The second-order valence-corrected chi connectivity index (χ2v) is 6.21. The molecule has 0 bridgehead atoms. The van der Waals surface area contributed by atoms with Gasteiger partial charge >= 0.3 is 0 Å². The van der Waals surface area contributed by atoms with E-state index >= 15 is 0 Å². The topological polar surface area (TPSA) is 56.1 Å². The first-order valence-electron chi connectivity index (χ1n) is 6.85. The van der Waals surface area contributed by atoms with Crippen LogP contribution in [0.15, 0.2) is 48.1 Å². The number of nitrogens with zero attached hydrogens (tertiary/aromatic N) is 2. The maximum Gasteiger partial charge on any atom is 0.265 e. The largest absolute Gasteiger partial charge is 0.497 e. The van der Waals surface area contributed by atoms with E-state index in [0.29, 0.717) is 16.4 Å². The first kappa shape index (κ1) is 15.6. The number of carbonyl (C=O) groups excluding carboxylic acids is 1. The number of carbonyl (C=O) groups is 1. The number of anilines is 1. The van der Waals surface area contributed by atoms with Gasteiger partial charge in [0.1, 0.15) is 5.75 Å². The molecule has 3 aromatic rings. The third kappa shape index (κ3) is 3.91. The summed E-state index contributed by atoms with van der Waals surface area (Å²) in [6.45, 7) is 0.582. The van der Waals surface area contributed by atoms with Crippen LogP contribution in [0, 0.1) is 0 Å². The number of amides is 1. The van der Waals surface area contributed by atoms with Crippen molar-refractivity contribution in [3.05, 3.63) is 63.6 Å². The molecule has 1 amide bonds. The number of rotatable bonds is 5. The van der Waals surface area contributed by atoms with Crippen LogP contribution in [0.5, 0.6) is 5.75 Å². The molecule has 0 radical (unpaired) electrons. The molecule has 0 atom stereocenters. The van der Waals surface area contributed by atoms with Crippen LogP contribution in [0.4, 0.5) is 5.69 Å². The van der Waals surface area contributed by atoms with Gasteiger partial charge in [-0.25, -0.2) is 0 Å². The van der Waals surface area contributed by atoms with Gasteiger partial charge < -0.3 is 10.1 Å². The van der Waals surface area contributed by atoms with Gasteiger partial charge in [-0.1, -0.05) is 11.6 Å². The van der Waals surface area contributed by atoms with Gasteiger partial charge in [-0.2, -0.15) is 5.10 Å². The normalized spacial score (nSPS) is 10.5. The second kappa shape index (κ2) is 6.85. The number of benzene rings is 1. The lowest BCUT2D eigenvalue weighted by molar-refractivity contribution is 0.103. The highest BCUT2D eigenvalue weighted by molar-refractivity contribution is 7.12. The minimum Gasteiger partial charge on any atom is -0.497 e. The molecule has 1 aromatic carbocycles. The monoisotopic (exact) mass is 347 g/mol. The molecule has 5 nitrogen and oxygen atoms in total. The molecule has 0 saturated carbocycles. The van der Waals surface area contributed by atoms with Crippen molar-refractivity contribution in [3.8, 4) is 5.75 Å². The highest BCUT2D eigenvalue weighted by atomic mass is 35.5. The highest BCUT2D eigenvalue weighted by Crippen LogP contribution is 2.20. The maximum absolute atomic E-state index is 12.3. The predicted octanol–water partition coefficient (Wildman–Crippen LogP) is 3.91. The van der Waals surface area contributed by atoms with E-state index < -0.39 is 0 Å². The third-order valence-corrected chi connectivity index (χ3v) is 4.34. The van der Waals surface area contributed by atoms with Gasteiger partial charge in [0.05, 0.1) is 29.8 Å². The van der Waals surface area contributed by atoms with Gasteiger partial charge in [0.25, 0.3) is 5.91 Å². The number of halogens is 1. The molecule has 0 aliphatic rings. The zero-order valence-corrected chi connectivity index (χ0v) is 13.9. The Morgan fingerprint density at radius 2 is 2.17 bits per heavy atom. The molecule has 0 aliphatic heterocycles. The van der Waals surface area contributed by atoms with Crippen molar-refractivity contribution in [3.63, 3.8) is 0 Å². The molecule has 1 N–H and O–H groups in total. The molecule has 0 unspecified atom stereocenters. The van der Waals surface area contributed by atoms with Gasteiger partial charge in [-0.05, 0) is 41.3 Å². The van der Waals surface area contributed by atoms with Crippen LogP contribution in [-0.2, 0) is 6.54 Å². The lowest BCUT2D eigenvalue weighted by atomic mass is 10.2. The maximum atomic E-state index is 12.3.